The molecule has 6 heteroatoms. The quantitative estimate of drug-likeness (QED) is 0.876. The molecule has 20 heavy (non-hydrogen) atoms. The molecule has 3 unspecified atom stereocenters. The van der Waals surface area contributed by atoms with Gasteiger partial charge in [-0.15, -0.1) is 11.3 Å². The molecule has 0 bridgehead atoms. The minimum atomic E-state index is -4.33. The lowest BCUT2D eigenvalue weighted by molar-refractivity contribution is -0.137. The molecule has 0 aliphatic heterocycles. The zero-order valence-electron chi connectivity index (χ0n) is 11.8. The van der Waals surface area contributed by atoms with Gasteiger partial charge >= 0.3 is 6.18 Å². The molecule has 2 rings (SSSR count). The molecular formula is C14H21F3N2S. The van der Waals surface area contributed by atoms with Crippen LogP contribution < -0.4 is 5.32 Å². The van der Waals surface area contributed by atoms with Gasteiger partial charge in [-0.05, 0) is 31.7 Å². The van der Waals surface area contributed by atoms with Crippen molar-refractivity contribution < 1.29 is 13.2 Å². The number of nitrogens with one attached hydrogen (secondary N) is 1. The van der Waals surface area contributed by atoms with E-state index in [9.17, 15) is 13.2 Å². The molecule has 0 aromatic carbocycles. The fourth-order valence-corrected chi connectivity index (χ4v) is 4.16. The van der Waals surface area contributed by atoms with Crippen LogP contribution >= 0.6 is 11.3 Å². The molecule has 1 fully saturated rings. The lowest BCUT2D eigenvalue weighted by Crippen LogP contribution is -2.28. The summed E-state index contributed by atoms with van der Waals surface area (Å²) in [5, 5.41) is 2.46. The third-order valence-corrected chi connectivity index (χ3v) is 5.38. The molecule has 0 amide bonds. The van der Waals surface area contributed by atoms with Crippen molar-refractivity contribution in [2.75, 3.05) is 7.05 Å². The molecule has 1 aliphatic carbocycles. The zero-order valence-corrected chi connectivity index (χ0v) is 12.7. The standard InChI is InChI=1S/C14H21F3N2S/c1-3-9-5-4-6-10(7-9)12(18-2)11-8-19-13(20-11)14(15,16)17/h8-10,12,18H,3-7H2,1-2H3. The Hall–Kier alpha value is -0.620. The normalized spacial score (nSPS) is 25.6. The Labute approximate surface area is 121 Å². The summed E-state index contributed by atoms with van der Waals surface area (Å²) in [7, 11) is 1.83. The van der Waals surface area contributed by atoms with Gasteiger partial charge in [0, 0.05) is 17.1 Å². The second kappa shape index (κ2) is 6.43. The van der Waals surface area contributed by atoms with Gasteiger partial charge in [0.1, 0.15) is 0 Å². The number of nitrogens with zero attached hydrogens (tertiary/aromatic N) is 1. The van der Waals surface area contributed by atoms with E-state index in [4.69, 9.17) is 0 Å². The summed E-state index contributed by atoms with van der Waals surface area (Å²) < 4.78 is 38.0. The third-order valence-electron chi connectivity index (χ3n) is 4.26. The van der Waals surface area contributed by atoms with Crippen LogP contribution in [0.1, 0.15) is 55.0 Å². The Morgan fingerprint density at radius 1 is 1.45 bits per heavy atom. The van der Waals surface area contributed by atoms with Crippen LogP contribution in [0.3, 0.4) is 0 Å². The van der Waals surface area contributed by atoms with Crippen LogP contribution in [0.5, 0.6) is 0 Å². The summed E-state index contributed by atoms with van der Waals surface area (Å²) in [6.45, 7) is 2.19. The van der Waals surface area contributed by atoms with Gasteiger partial charge in [0.25, 0.3) is 0 Å². The molecule has 1 aliphatic rings. The fraction of sp³-hybridized carbons (Fsp3) is 0.786. The van der Waals surface area contributed by atoms with Crippen molar-refractivity contribution in [3.63, 3.8) is 0 Å². The van der Waals surface area contributed by atoms with Crippen molar-refractivity contribution in [2.24, 2.45) is 11.8 Å². The molecule has 1 aromatic heterocycles. The maximum atomic E-state index is 12.7. The molecule has 0 radical (unpaired) electrons. The first kappa shape index (κ1) is 15.8. The van der Waals surface area contributed by atoms with E-state index in [1.807, 2.05) is 7.05 Å². The average molecular weight is 306 g/mol. The van der Waals surface area contributed by atoms with E-state index in [2.05, 4.69) is 17.2 Å². The van der Waals surface area contributed by atoms with Gasteiger partial charge in [0.2, 0.25) is 0 Å². The first-order chi connectivity index (χ1) is 9.45. The predicted molar refractivity (Wildman–Crippen MR) is 74.7 cm³/mol. The van der Waals surface area contributed by atoms with Crippen molar-refractivity contribution in [3.8, 4) is 0 Å². The van der Waals surface area contributed by atoms with Crippen molar-refractivity contribution in [3.05, 3.63) is 16.1 Å². The molecule has 1 heterocycles. The maximum absolute atomic E-state index is 12.7. The molecule has 114 valence electrons. The maximum Gasteiger partial charge on any atom is 0.443 e. The molecule has 0 spiro atoms. The van der Waals surface area contributed by atoms with Gasteiger partial charge < -0.3 is 5.32 Å². The number of hydrogen-bond donors (Lipinski definition) is 1. The fourth-order valence-electron chi connectivity index (χ4n) is 3.18. The number of thiazole rings is 1. The highest BCUT2D eigenvalue weighted by Gasteiger charge is 2.36. The highest BCUT2D eigenvalue weighted by Crippen LogP contribution is 2.41. The number of halogens is 3. The highest BCUT2D eigenvalue weighted by molar-refractivity contribution is 7.11. The topological polar surface area (TPSA) is 24.9 Å². The molecule has 1 N–H and O–H groups in total. The van der Waals surface area contributed by atoms with Crippen molar-refractivity contribution in [1.82, 2.24) is 10.3 Å². The minimum Gasteiger partial charge on any atom is -0.312 e. The summed E-state index contributed by atoms with van der Waals surface area (Å²) in [4.78, 5) is 4.25. The monoisotopic (exact) mass is 306 g/mol. The number of alkyl halides is 3. The largest absolute Gasteiger partial charge is 0.443 e. The number of hydrogen-bond acceptors (Lipinski definition) is 3. The lowest BCUT2D eigenvalue weighted by Gasteiger charge is -2.33. The summed E-state index contributed by atoms with van der Waals surface area (Å²) in [6.07, 6.45) is 2.82. The molecule has 1 saturated carbocycles. The van der Waals surface area contributed by atoms with E-state index in [-0.39, 0.29) is 6.04 Å². The van der Waals surface area contributed by atoms with Crippen molar-refractivity contribution >= 4 is 11.3 Å². The highest BCUT2D eigenvalue weighted by atomic mass is 32.1. The van der Waals surface area contributed by atoms with Gasteiger partial charge in [-0.3, -0.25) is 0 Å². The van der Waals surface area contributed by atoms with E-state index in [1.165, 1.54) is 19.0 Å². The van der Waals surface area contributed by atoms with Gasteiger partial charge in [0.05, 0.1) is 0 Å². The van der Waals surface area contributed by atoms with Gasteiger partial charge in [0.15, 0.2) is 5.01 Å². The minimum absolute atomic E-state index is 0.00190. The Morgan fingerprint density at radius 2 is 2.20 bits per heavy atom. The number of rotatable bonds is 4. The molecule has 1 aromatic rings. The first-order valence-corrected chi connectivity index (χ1v) is 7.97. The van der Waals surface area contributed by atoms with Gasteiger partial charge in [-0.1, -0.05) is 26.2 Å². The van der Waals surface area contributed by atoms with Crippen LogP contribution in [-0.2, 0) is 6.18 Å². The van der Waals surface area contributed by atoms with Crippen LogP contribution in [0, 0.1) is 11.8 Å². The first-order valence-electron chi connectivity index (χ1n) is 7.15. The van der Waals surface area contributed by atoms with Crippen LogP contribution in [0.25, 0.3) is 0 Å². The van der Waals surface area contributed by atoms with E-state index in [0.29, 0.717) is 16.7 Å². The number of aromatic nitrogens is 1. The Balaban J connectivity index is 2.13. The zero-order chi connectivity index (χ0) is 14.8. The van der Waals surface area contributed by atoms with Crippen LogP contribution in [0.2, 0.25) is 0 Å². The SMILES string of the molecule is CCC1CCCC(C(NC)c2cnc(C(F)(F)F)s2)C1. The summed E-state index contributed by atoms with van der Waals surface area (Å²) in [5.41, 5.74) is 0. The Morgan fingerprint density at radius 3 is 2.75 bits per heavy atom. The van der Waals surface area contributed by atoms with Crippen molar-refractivity contribution in [2.45, 2.75) is 51.2 Å². The van der Waals surface area contributed by atoms with Gasteiger partial charge in [-0.25, -0.2) is 4.98 Å². The van der Waals surface area contributed by atoms with Crippen LogP contribution in [0.4, 0.5) is 13.2 Å². The van der Waals surface area contributed by atoms with Crippen LogP contribution in [0.15, 0.2) is 6.20 Å². The van der Waals surface area contributed by atoms with E-state index >= 15 is 0 Å². The summed E-state index contributed by atoms with van der Waals surface area (Å²) in [6, 6.07) is -0.00190. The summed E-state index contributed by atoms with van der Waals surface area (Å²) >= 11 is 0.776. The molecule has 2 nitrogen and oxygen atoms in total. The van der Waals surface area contributed by atoms with E-state index in [1.54, 1.807) is 0 Å². The Bertz CT molecular complexity index is 430. The van der Waals surface area contributed by atoms with Crippen LogP contribution in [-0.4, -0.2) is 12.0 Å². The molecule has 3 atom stereocenters. The smallest absolute Gasteiger partial charge is 0.312 e. The molecular weight excluding hydrogens is 285 g/mol. The lowest BCUT2D eigenvalue weighted by atomic mass is 9.76. The third kappa shape index (κ3) is 3.52. The summed E-state index contributed by atoms with van der Waals surface area (Å²) in [5.74, 6) is 1.12. The Kier molecular flexibility index (Phi) is 5.07. The van der Waals surface area contributed by atoms with E-state index < -0.39 is 11.2 Å². The van der Waals surface area contributed by atoms with Crippen molar-refractivity contribution in [1.29, 1.82) is 0 Å². The van der Waals surface area contributed by atoms with E-state index in [0.717, 1.165) is 30.6 Å². The molecule has 0 saturated heterocycles. The van der Waals surface area contributed by atoms with Gasteiger partial charge in [-0.2, -0.15) is 13.2 Å². The second-order valence-electron chi connectivity index (χ2n) is 5.53. The average Bonchev–Trinajstić information content (AvgIpc) is 2.89. The predicted octanol–water partition coefficient (Wildman–Crippen LogP) is 4.64. The second-order valence-corrected chi connectivity index (χ2v) is 6.60.